The Kier molecular flexibility index (Phi) is 6.96. The molecule has 0 saturated carbocycles. The highest BCUT2D eigenvalue weighted by atomic mass is 16.4. The van der Waals surface area contributed by atoms with Gasteiger partial charge in [-0.05, 0) is 6.42 Å². The molecule has 4 N–H and O–H groups in total. The second kappa shape index (κ2) is 5.56. The minimum Gasteiger partial charge on any atom is -0.481 e. The van der Waals surface area contributed by atoms with Crippen LogP contribution in [0.1, 0.15) is 26.7 Å². The van der Waals surface area contributed by atoms with Crippen LogP contribution in [-0.2, 0) is 4.79 Å². The van der Waals surface area contributed by atoms with E-state index in [9.17, 15) is 4.79 Å². The van der Waals surface area contributed by atoms with Gasteiger partial charge in [0.15, 0.2) is 0 Å². The summed E-state index contributed by atoms with van der Waals surface area (Å²) in [5.41, 5.74) is 0. The number of aliphatic carboxylic acids is 1. The van der Waals surface area contributed by atoms with Gasteiger partial charge in [-0.25, -0.2) is 0 Å². The monoisotopic (exact) mass is 133 g/mol. The van der Waals surface area contributed by atoms with Crippen LogP contribution >= 0.6 is 0 Å². The molecule has 0 unspecified atom stereocenters. The van der Waals surface area contributed by atoms with Crippen molar-refractivity contribution in [3.8, 4) is 0 Å². The summed E-state index contributed by atoms with van der Waals surface area (Å²) in [6, 6.07) is 0. The number of hydrogen-bond acceptors (Lipinski definition) is 2. The molecule has 0 aromatic rings. The normalized spacial score (nSPS) is 11.8. The van der Waals surface area contributed by atoms with E-state index < -0.39 is 5.97 Å². The topological polar surface area (TPSA) is 72.3 Å². The van der Waals surface area contributed by atoms with Crippen LogP contribution in [0.2, 0.25) is 0 Å². The predicted octanol–water partition coefficient (Wildman–Crippen LogP) is 1.67. The van der Waals surface area contributed by atoms with Crippen LogP contribution in [0, 0.1) is 5.92 Å². The largest absolute Gasteiger partial charge is 0.481 e. The van der Waals surface area contributed by atoms with Gasteiger partial charge in [0.2, 0.25) is 0 Å². The molecule has 9 heavy (non-hydrogen) atoms. The molecule has 0 aliphatic rings. The van der Waals surface area contributed by atoms with Crippen molar-refractivity contribution >= 4 is 5.97 Å². The zero-order valence-corrected chi connectivity index (χ0v) is 6.05. The van der Waals surface area contributed by atoms with Crippen molar-refractivity contribution in [2.24, 2.45) is 5.92 Å². The summed E-state index contributed by atoms with van der Waals surface area (Å²) in [5, 5.41) is 8.31. The molecule has 0 saturated heterocycles. The van der Waals surface area contributed by atoms with Crippen molar-refractivity contribution in [2.45, 2.75) is 26.7 Å². The number of carboxylic acids is 1. The Hall–Kier alpha value is -0.570. The molecular weight excluding hydrogens is 118 g/mol. The highest BCUT2D eigenvalue weighted by Crippen LogP contribution is 2.03. The Morgan fingerprint density at radius 3 is 2.22 bits per heavy atom. The second-order valence-electron chi connectivity index (χ2n) is 2.03. The van der Waals surface area contributed by atoms with E-state index in [1.807, 2.05) is 6.92 Å². The molecule has 0 fully saturated rings. The lowest BCUT2D eigenvalue weighted by Gasteiger charge is -2.00. The van der Waals surface area contributed by atoms with Gasteiger partial charge in [0, 0.05) is 0 Å². The number of carboxylic acid groups (broad SMARTS) is 1. The fourth-order valence-electron chi connectivity index (χ4n) is 0.556. The molecule has 0 bridgehead atoms. The Balaban J connectivity index is 0. The molecule has 0 spiro atoms. The van der Waals surface area contributed by atoms with E-state index in [4.69, 9.17) is 5.11 Å². The van der Waals surface area contributed by atoms with E-state index in [2.05, 4.69) is 0 Å². The van der Waals surface area contributed by atoms with Gasteiger partial charge in [0.1, 0.15) is 0 Å². The molecule has 0 amide bonds. The SMILES string of the molecule is CCC[C@@H](C)C(=O)O.N. The molecule has 0 aromatic heterocycles. The van der Waals surface area contributed by atoms with Crippen LogP contribution in [0.25, 0.3) is 0 Å². The quantitative estimate of drug-likeness (QED) is 0.615. The number of rotatable bonds is 3. The van der Waals surface area contributed by atoms with E-state index in [0.29, 0.717) is 0 Å². The summed E-state index contributed by atoms with van der Waals surface area (Å²) in [5.74, 6) is -0.855. The molecule has 56 valence electrons. The summed E-state index contributed by atoms with van der Waals surface area (Å²) in [6.45, 7) is 3.71. The van der Waals surface area contributed by atoms with Gasteiger partial charge >= 0.3 is 5.97 Å². The van der Waals surface area contributed by atoms with Gasteiger partial charge in [0.05, 0.1) is 5.92 Å². The van der Waals surface area contributed by atoms with Crippen molar-refractivity contribution < 1.29 is 9.90 Å². The summed E-state index contributed by atoms with van der Waals surface area (Å²) in [4.78, 5) is 10.1. The third kappa shape index (κ3) is 5.30. The van der Waals surface area contributed by atoms with E-state index in [1.54, 1.807) is 6.92 Å². The molecule has 0 aliphatic heterocycles. The van der Waals surface area contributed by atoms with Gasteiger partial charge in [-0.2, -0.15) is 0 Å². The summed E-state index contributed by atoms with van der Waals surface area (Å²) >= 11 is 0. The highest BCUT2D eigenvalue weighted by Gasteiger charge is 2.07. The van der Waals surface area contributed by atoms with Crippen LogP contribution in [0.5, 0.6) is 0 Å². The molecule has 3 heteroatoms. The van der Waals surface area contributed by atoms with Gasteiger partial charge in [-0.3, -0.25) is 4.79 Å². The van der Waals surface area contributed by atoms with Gasteiger partial charge in [-0.15, -0.1) is 0 Å². The minimum atomic E-state index is -0.688. The van der Waals surface area contributed by atoms with Crippen LogP contribution < -0.4 is 6.15 Å². The maximum atomic E-state index is 10.1. The van der Waals surface area contributed by atoms with Crippen molar-refractivity contribution in [2.75, 3.05) is 0 Å². The molecule has 1 atom stereocenters. The summed E-state index contributed by atoms with van der Waals surface area (Å²) in [6.07, 6.45) is 1.74. The lowest BCUT2D eigenvalue weighted by Crippen LogP contribution is -2.08. The van der Waals surface area contributed by atoms with E-state index in [1.165, 1.54) is 0 Å². The first-order valence-corrected chi connectivity index (χ1v) is 2.91. The first kappa shape index (κ1) is 11.3. The molecule has 0 heterocycles. The van der Waals surface area contributed by atoms with Crippen LogP contribution in [-0.4, -0.2) is 11.1 Å². The van der Waals surface area contributed by atoms with Crippen molar-refractivity contribution in [1.82, 2.24) is 6.15 Å². The van der Waals surface area contributed by atoms with E-state index >= 15 is 0 Å². The molecule has 0 rings (SSSR count). The fraction of sp³-hybridized carbons (Fsp3) is 0.833. The minimum absolute atomic E-state index is 0. The van der Waals surface area contributed by atoms with Crippen LogP contribution in [0.15, 0.2) is 0 Å². The Labute approximate surface area is 55.7 Å². The van der Waals surface area contributed by atoms with Crippen molar-refractivity contribution in [3.05, 3.63) is 0 Å². The lowest BCUT2D eigenvalue weighted by atomic mass is 10.1. The molecule has 0 aliphatic carbocycles. The third-order valence-electron chi connectivity index (χ3n) is 1.14. The maximum absolute atomic E-state index is 10.1. The van der Waals surface area contributed by atoms with E-state index in [-0.39, 0.29) is 12.1 Å². The average Bonchev–Trinajstić information content (AvgIpc) is 1.67. The standard InChI is InChI=1S/C6H12O2.H3N/c1-3-4-5(2)6(7)8;/h5H,3-4H2,1-2H3,(H,7,8);1H3/t5-;/m1./s1. The highest BCUT2D eigenvalue weighted by molar-refractivity contribution is 5.69. The first-order chi connectivity index (χ1) is 3.68. The molecule has 0 aromatic carbocycles. The molecular formula is C6H15NO2. The summed E-state index contributed by atoms with van der Waals surface area (Å²) in [7, 11) is 0. The Bertz CT molecular complexity index is 83.1. The Morgan fingerprint density at radius 1 is 1.67 bits per heavy atom. The number of carbonyl (C=O) groups is 1. The average molecular weight is 133 g/mol. The molecule has 0 radical (unpaired) electrons. The predicted molar refractivity (Wildman–Crippen MR) is 36.7 cm³/mol. The lowest BCUT2D eigenvalue weighted by molar-refractivity contribution is -0.141. The van der Waals surface area contributed by atoms with Crippen LogP contribution in [0.3, 0.4) is 0 Å². The fourth-order valence-corrected chi connectivity index (χ4v) is 0.556. The number of hydrogen-bond donors (Lipinski definition) is 2. The third-order valence-corrected chi connectivity index (χ3v) is 1.14. The van der Waals surface area contributed by atoms with Gasteiger partial charge in [0.25, 0.3) is 0 Å². The summed E-state index contributed by atoms with van der Waals surface area (Å²) < 4.78 is 0. The first-order valence-electron chi connectivity index (χ1n) is 2.91. The van der Waals surface area contributed by atoms with Gasteiger partial charge < -0.3 is 11.3 Å². The zero-order valence-electron chi connectivity index (χ0n) is 6.05. The maximum Gasteiger partial charge on any atom is 0.306 e. The zero-order chi connectivity index (χ0) is 6.57. The second-order valence-corrected chi connectivity index (χ2v) is 2.03. The van der Waals surface area contributed by atoms with Crippen LogP contribution in [0.4, 0.5) is 0 Å². The van der Waals surface area contributed by atoms with Gasteiger partial charge in [-0.1, -0.05) is 20.3 Å². The smallest absolute Gasteiger partial charge is 0.306 e. The van der Waals surface area contributed by atoms with Crippen molar-refractivity contribution in [3.63, 3.8) is 0 Å². The van der Waals surface area contributed by atoms with Crippen molar-refractivity contribution in [1.29, 1.82) is 0 Å². The molecule has 3 nitrogen and oxygen atoms in total. The van der Waals surface area contributed by atoms with E-state index in [0.717, 1.165) is 12.8 Å². The Morgan fingerprint density at radius 2 is 2.11 bits per heavy atom.